The van der Waals surface area contributed by atoms with E-state index in [9.17, 15) is 4.79 Å². The number of aromatic nitrogens is 1. The van der Waals surface area contributed by atoms with Crippen molar-refractivity contribution >= 4 is 21.9 Å². The van der Waals surface area contributed by atoms with E-state index in [1.165, 1.54) is 0 Å². The summed E-state index contributed by atoms with van der Waals surface area (Å²) in [5.74, 6) is 0. The minimum atomic E-state index is -0.0273. The summed E-state index contributed by atoms with van der Waals surface area (Å²) in [6.45, 7) is 8.38. The fourth-order valence-corrected chi connectivity index (χ4v) is 3.37. The van der Waals surface area contributed by atoms with Crippen molar-refractivity contribution in [3.8, 4) is 11.3 Å². The molecule has 0 aliphatic heterocycles. The van der Waals surface area contributed by atoms with Crippen LogP contribution in [0.4, 0.5) is 0 Å². The molecule has 0 N–H and O–H groups in total. The number of pyridine rings is 1. The molecule has 0 bridgehead atoms. The number of nitrogens with zero attached hydrogens (tertiary/aromatic N) is 1. The summed E-state index contributed by atoms with van der Waals surface area (Å²) in [5, 5.41) is 1.26. The maximum absolute atomic E-state index is 13.3. The smallest absolute Gasteiger partial charge is 0.200 e. The van der Waals surface area contributed by atoms with Gasteiger partial charge in [0, 0.05) is 11.8 Å². The zero-order chi connectivity index (χ0) is 18.5. The van der Waals surface area contributed by atoms with Gasteiger partial charge in [-0.25, -0.2) is 0 Å². The van der Waals surface area contributed by atoms with Crippen LogP contribution >= 0.6 is 0 Å². The highest BCUT2D eigenvalue weighted by Crippen LogP contribution is 2.30. The van der Waals surface area contributed by atoms with E-state index in [4.69, 9.17) is 4.42 Å². The number of fused-ring (bicyclic) bond motifs is 2. The van der Waals surface area contributed by atoms with E-state index in [2.05, 4.69) is 25.8 Å². The lowest BCUT2D eigenvalue weighted by Gasteiger charge is -2.19. The Morgan fingerprint density at radius 2 is 1.73 bits per heavy atom. The zero-order valence-corrected chi connectivity index (χ0v) is 15.5. The molecule has 0 amide bonds. The van der Waals surface area contributed by atoms with Crippen LogP contribution in [0.5, 0.6) is 0 Å². The molecule has 0 saturated heterocycles. The van der Waals surface area contributed by atoms with Gasteiger partial charge in [-0.3, -0.25) is 9.78 Å². The van der Waals surface area contributed by atoms with Crippen LogP contribution in [0.1, 0.15) is 31.9 Å². The van der Waals surface area contributed by atoms with Crippen LogP contribution < -0.4 is 5.43 Å². The first-order valence-electron chi connectivity index (χ1n) is 8.78. The second-order valence-corrected chi connectivity index (χ2v) is 7.72. The van der Waals surface area contributed by atoms with Crippen molar-refractivity contribution in [1.29, 1.82) is 0 Å². The van der Waals surface area contributed by atoms with Crippen molar-refractivity contribution in [2.45, 2.75) is 33.1 Å². The molecule has 130 valence electrons. The minimum Gasteiger partial charge on any atom is -0.456 e. The van der Waals surface area contributed by atoms with Crippen molar-refractivity contribution in [2.75, 3.05) is 0 Å². The molecular formula is C23H21NO2. The van der Waals surface area contributed by atoms with Crippen LogP contribution in [0.3, 0.4) is 0 Å². The third-order valence-corrected chi connectivity index (χ3v) is 4.90. The molecule has 0 aliphatic rings. The summed E-state index contributed by atoms with van der Waals surface area (Å²) in [5.41, 5.74) is 5.06. The summed E-state index contributed by atoms with van der Waals surface area (Å²) in [7, 11) is 0. The molecule has 0 unspecified atom stereocenters. The molecule has 2 aromatic carbocycles. The van der Waals surface area contributed by atoms with Gasteiger partial charge in [-0.1, -0.05) is 32.9 Å². The van der Waals surface area contributed by atoms with Crippen LogP contribution in [0.15, 0.2) is 63.9 Å². The van der Waals surface area contributed by atoms with E-state index in [-0.39, 0.29) is 10.8 Å². The maximum Gasteiger partial charge on any atom is 0.200 e. The van der Waals surface area contributed by atoms with Gasteiger partial charge in [0.25, 0.3) is 0 Å². The van der Waals surface area contributed by atoms with E-state index in [1.807, 2.05) is 55.5 Å². The standard InChI is InChI=1S/C23H21NO2/c1-14-16(18-7-5-6-12-24-18)9-11-20-21(14)22(25)17-13-15(23(2,3)4)8-10-19(17)26-20/h5-13H,1-4H3. The Kier molecular flexibility index (Phi) is 3.69. The first kappa shape index (κ1) is 16.5. The predicted molar refractivity (Wildman–Crippen MR) is 107 cm³/mol. The van der Waals surface area contributed by atoms with Gasteiger partial charge in [0.15, 0.2) is 0 Å². The summed E-state index contributed by atoms with van der Waals surface area (Å²) in [6.07, 6.45) is 1.76. The molecule has 0 fully saturated rings. The molecule has 2 aromatic heterocycles. The second-order valence-electron chi connectivity index (χ2n) is 7.72. The highest BCUT2D eigenvalue weighted by Gasteiger charge is 2.18. The van der Waals surface area contributed by atoms with Gasteiger partial charge >= 0.3 is 0 Å². The Hall–Kier alpha value is -2.94. The maximum atomic E-state index is 13.3. The molecule has 26 heavy (non-hydrogen) atoms. The first-order chi connectivity index (χ1) is 12.4. The quantitative estimate of drug-likeness (QED) is 0.422. The molecule has 0 saturated carbocycles. The van der Waals surface area contributed by atoms with Crippen LogP contribution in [0, 0.1) is 6.92 Å². The van der Waals surface area contributed by atoms with Crippen molar-refractivity contribution < 1.29 is 4.42 Å². The lowest BCUT2D eigenvalue weighted by molar-refractivity contribution is 0.590. The molecule has 3 nitrogen and oxygen atoms in total. The Bertz CT molecular complexity index is 1180. The largest absolute Gasteiger partial charge is 0.456 e. The van der Waals surface area contributed by atoms with E-state index < -0.39 is 0 Å². The van der Waals surface area contributed by atoms with Crippen molar-refractivity contribution in [2.24, 2.45) is 0 Å². The monoisotopic (exact) mass is 343 g/mol. The summed E-state index contributed by atoms with van der Waals surface area (Å²) in [6, 6.07) is 15.5. The van der Waals surface area contributed by atoms with Crippen molar-refractivity contribution in [1.82, 2.24) is 4.98 Å². The van der Waals surface area contributed by atoms with E-state index in [0.717, 1.165) is 22.4 Å². The lowest BCUT2D eigenvalue weighted by atomic mass is 9.86. The first-order valence-corrected chi connectivity index (χ1v) is 8.78. The van der Waals surface area contributed by atoms with E-state index in [1.54, 1.807) is 6.20 Å². The Morgan fingerprint density at radius 1 is 0.962 bits per heavy atom. The van der Waals surface area contributed by atoms with Crippen LogP contribution in [-0.2, 0) is 5.41 Å². The topological polar surface area (TPSA) is 43.1 Å². The number of benzene rings is 2. The molecule has 4 rings (SSSR count). The molecule has 4 aromatic rings. The van der Waals surface area contributed by atoms with E-state index >= 15 is 0 Å². The van der Waals surface area contributed by atoms with Gasteiger partial charge in [-0.05, 0) is 59.9 Å². The molecule has 0 radical (unpaired) electrons. The highest BCUT2D eigenvalue weighted by atomic mass is 16.3. The molecule has 3 heteroatoms. The fraction of sp³-hybridized carbons (Fsp3) is 0.217. The van der Waals surface area contributed by atoms with Crippen LogP contribution in [0.25, 0.3) is 33.2 Å². The molecular weight excluding hydrogens is 322 g/mol. The van der Waals surface area contributed by atoms with Crippen molar-refractivity contribution in [3.63, 3.8) is 0 Å². The average molecular weight is 343 g/mol. The third kappa shape index (κ3) is 2.60. The third-order valence-electron chi connectivity index (χ3n) is 4.90. The molecule has 0 atom stereocenters. The number of aryl methyl sites for hydroxylation is 1. The fourth-order valence-electron chi connectivity index (χ4n) is 3.37. The second kappa shape index (κ2) is 5.80. The van der Waals surface area contributed by atoms with Gasteiger partial charge < -0.3 is 4.42 Å². The predicted octanol–water partition coefficient (Wildman–Crippen LogP) is 5.61. The zero-order valence-electron chi connectivity index (χ0n) is 15.5. The van der Waals surface area contributed by atoms with Crippen LogP contribution in [-0.4, -0.2) is 4.98 Å². The normalized spacial score (nSPS) is 12.0. The number of hydrogen-bond acceptors (Lipinski definition) is 3. The van der Waals surface area contributed by atoms with Gasteiger partial charge in [-0.15, -0.1) is 0 Å². The van der Waals surface area contributed by atoms with Gasteiger partial charge in [-0.2, -0.15) is 0 Å². The SMILES string of the molecule is Cc1c(-c2ccccn2)ccc2oc3ccc(C(C)(C)C)cc3c(=O)c12. The summed E-state index contributed by atoms with van der Waals surface area (Å²) in [4.78, 5) is 17.7. The number of rotatable bonds is 1. The molecule has 2 heterocycles. The summed E-state index contributed by atoms with van der Waals surface area (Å²) >= 11 is 0. The molecule has 0 spiro atoms. The van der Waals surface area contributed by atoms with Gasteiger partial charge in [0.05, 0.1) is 16.5 Å². The highest BCUT2D eigenvalue weighted by molar-refractivity contribution is 5.94. The Labute approximate surface area is 152 Å². The van der Waals surface area contributed by atoms with Gasteiger partial charge in [0.1, 0.15) is 11.2 Å². The lowest BCUT2D eigenvalue weighted by Crippen LogP contribution is -2.12. The summed E-state index contributed by atoms with van der Waals surface area (Å²) < 4.78 is 6.05. The Morgan fingerprint density at radius 3 is 2.42 bits per heavy atom. The average Bonchev–Trinajstić information content (AvgIpc) is 2.61. The Balaban J connectivity index is 2.06. The van der Waals surface area contributed by atoms with Crippen molar-refractivity contribution in [3.05, 3.63) is 76.1 Å². The number of hydrogen-bond donors (Lipinski definition) is 0. The van der Waals surface area contributed by atoms with Crippen LogP contribution in [0.2, 0.25) is 0 Å². The van der Waals surface area contributed by atoms with Gasteiger partial charge in [0.2, 0.25) is 5.43 Å². The van der Waals surface area contributed by atoms with E-state index in [0.29, 0.717) is 21.9 Å². The minimum absolute atomic E-state index is 0.0163. The molecule has 0 aliphatic carbocycles.